The third kappa shape index (κ3) is 6.92. The Labute approximate surface area is 92.2 Å². The van der Waals surface area contributed by atoms with Crippen molar-refractivity contribution < 1.29 is 9.90 Å². The average molecular weight is 222 g/mol. The molecular weight excluding hydrogens is 202 g/mol. The quantitative estimate of drug-likeness (QED) is 0.699. The van der Waals surface area contributed by atoms with E-state index < -0.39 is 5.97 Å². The Morgan fingerprint density at radius 3 is 2.21 bits per heavy atom. The molecule has 1 N–H and O–H groups in total. The number of halogens is 1. The molecule has 0 aliphatic rings. The minimum absolute atomic E-state index is 0. The Morgan fingerprint density at radius 2 is 1.86 bits per heavy atom. The molecule has 0 spiro atoms. The van der Waals surface area contributed by atoms with Gasteiger partial charge in [0.25, 0.3) is 0 Å². The lowest BCUT2D eigenvalue weighted by molar-refractivity contribution is -0.132. The Morgan fingerprint density at radius 1 is 1.36 bits per heavy atom. The van der Waals surface area contributed by atoms with Crippen LogP contribution in [0.4, 0.5) is 0 Å². The lowest BCUT2D eigenvalue weighted by Gasteiger charge is -2.16. The standard InChI is InChI=1S/C10H19NO2.ClH/c1-4-11(5-2)8-6-7-9(3)10(12)13;/h7H,4-6,8H2,1-3H3,(H,12,13);1H. The third-order valence-electron chi connectivity index (χ3n) is 2.13. The molecule has 0 saturated heterocycles. The van der Waals surface area contributed by atoms with Crippen molar-refractivity contribution in [1.82, 2.24) is 4.90 Å². The first kappa shape index (κ1) is 15.9. The fourth-order valence-corrected chi connectivity index (χ4v) is 1.09. The number of aliphatic carboxylic acids is 1. The first-order valence-corrected chi connectivity index (χ1v) is 4.74. The van der Waals surface area contributed by atoms with Gasteiger partial charge in [-0.3, -0.25) is 0 Å². The van der Waals surface area contributed by atoms with Crippen molar-refractivity contribution in [2.45, 2.75) is 27.2 Å². The minimum atomic E-state index is -0.820. The molecule has 0 bridgehead atoms. The maximum Gasteiger partial charge on any atom is 0.330 e. The summed E-state index contributed by atoms with van der Waals surface area (Å²) in [6.07, 6.45) is 2.60. The van der Waals surface area contributed by atoms with Crippen molar-refractivity contribution in [2.75, 3.05) is 19.6 Å². The summed E-state index contributed by atoms with van der Waals surface area (Å²) in [5.41, 5.74) is 0.437. The molecule has 0 saturated carbocycles. The van der Waals surface area contributed by atoms with E-state index in [2.05, 4.69) is 18.7 Å². The summed E-state index contributed by atoms with van der Waals surface area (Å²) in [5, 5.41) is 8.58. The van der Waals surface area contributed by atoms with Crippen LogP contribution in [-0.4, -0.2) is 35.6 Å². The second kappa shape index (κ2) is 9.03. The van der Waals surface area contributed by atoms with Crippen LogP contribution >= 0.6 is 12.4 Å². The van der Waals surface area contributed by atoms with E-state index in [0.717, 1.165) is 26.1 Å². The Bertz CT molecular complexity index is 189. The molecule has 0 aliphatic carbocycles. The van der Waals surface area contributed by atoms with E-state index in [1.807, 2.05) is 0 Å². The van der Waals surface area contributed by atoms with Gasteiger partial charge in [-0.1, -0.05) is 19.9 Å². The van der Waals surface area contributed by atoms with E-state index in [4.69, 9.17) is 5.11 Å². The van der Waals surface area contributed by atoms with Crippen LogP contribution in [0.2, 0.25) is 0 Å². The van der Waals surface area contributed by atoms with E-state index >= 15 is 0 Å². The molecule has 0 amide bonds. The Kier molecular flexibility index (Phi) is 10.3. The molecule has 0 aliphatic heterocycles. The van der Waals surface area contributed by atoms with E-state index in [1.54, 1.807) is 13.0 Å². The van der Waals surface area contributed by atoms with E-state index in [9.17, 15) is 4.79 Å². The molecule has 0 aromatic rings. The van der Waals surface area contributed by atoms with Gasteiger partial charge in [-0.15, -0.1) is 12.4 Å². The zero-order valence-corrected chi connectivity index (χ0v) is 9.93. The van der Waals surface area contributed by atoms with E-state index in [1.165, 1.54) is 0 Å². The largest absolute Gasteiger partial charge is 0.478 e. The summed E-state index contributed by atoms with van der Waals surface area (Å²) in [5.74, 6) is -0.820. The number of hydrogen-bond donors (Lipinski definition) is 1. The molecule has 0 radical (unpaired) electrons. The van der Waals surface area contributed by atoms with Gasteiger partial charge in [-0.25, -0.2) is 4.79 Å². The van der Waals surface area contributed by atoms with Crippen LogP contribution in [0.1, 0.15) is 27.2 Å². The van der Waals surface area contributed by atoms with E-state index in [-0.39, 0.29) is 12.4 Å². The zero-order chi connectivity index (χ0) is 10.3. The molecule has 0 aromatic heterocycles. The topological polar surface area (TPSA) is 40.5 Å². The van der Waals surface area contributed by atoms with Gasteiger partial charge in [0.2, 0.25) is 0 Å². The first-order chi connectivity index (χ1) is 6.11. The summed E-state index contributed by atoms with van der Waals surface area (Å²) < 4.78 is 0. The Hall–Kier alpha value is -0.540. The summed E-state index contributed by atoms with van der Waals surface area (Å²) in [6.45, 7) is 8.84. The highest BCUT2D eigenvalue weighted by Gasteiger charge is 2.00. The molecular formula is C10H20ClNO2. The van der Waals surface area contributed by atoms with Gasteiger partial charge in [-0.05, 0) is 26.4 Å². The van der Waals surface area contributed by atoms with Crippen LogP contribution in [0.15, 0.2) is 11.6 Å². The number of hydrogen-bond acceptors (Lipinski definition) is 2. The number of carbonyl (C=O) groups is 1. The minimum Gasteiger partial charge on any atom is -0.478 e. The van der Waals surface area contributed by atoms with Crippen molar-refractivity contribution in [1.29, 1.82) is 0 Å². The predicted octanol–water partition coefficient (Wildman–Crippen LogP) is 2.17. The fraction of sp³-hybridized carbons (Fsp3) is 0.700. The molecule has 0 rings (SSSR count). The average Bonchev–Trinajstić information content (AvgIpc) is 2.12. The predicted molar refractivity (Wildman–Crippen MR) is 61.0 cm³/mol. The molecule has 14 heavy (non-hydrogen) atoms. The highest BCUT2D eigenvalue weighted by Crippen LogP contribution is 1.97. The molecule has 0 heterocycles. The monoisotopic (exact) mass is 221 g/mol. The molecule has 0 fully saturated rings. The molecule has 84 valence electrons. The van der Waals surface area contributed by atoms with Crippen molar-refractivity contribution in [3.05, 3.63) is 11.6 Å². The van der Waals surface area contributed by atoms with Gasteiger partial charge in [0, 0.05) is 12.1 Å². The van der Waals surface area contributed by atoms with Crippen molar-refractivity contribution in [3.8, 4) is 0 Å². The number of carboxylic acids is 1. The SMILES string of the molecule is CCN(CC)CCC=C(C)C(=O)O.Cl. The number of rotatable bonds is 6. The molecule has 4 heteroatoms. The summed E-state index contributed by atoms with van der Waals surface area (Å²) in [4.78, 5) is 12.7. The van der Waals surface area contributed by atoms with Gasteiger partial charge in [0.15, 0.2) is 0 Å². The normalized spacial score (nSPS) is 11.3. The smallest absolute Gasteiger partial charge is 0.330 e. The van der Waals surface area contributed by atoms with Crippen molar-refractivity contribution in [2.24, 2.45) is 0 Å². The zero-order valence-electron chi connectivity index (χ0n) is 9.12. The van der Waals surface area contributed by atoms with Crippen LogP contribution in [0.25, 0.3) is 0 Å². The van der Waals surface area contributed by atoms with Crippen LogP contribution < -0.4 is 0 Å². The second-order valence-electron chi connectivity index (χ2n) is 3.01. The van der Waals surface area contributed by atoms with Crippen LogP contribution in [0.5, 0.6) is 0 Å². The van der Waals surface area contributed by atoms with Gasteiger partial charge in [0.1, 0.15) is 0 Å². The van der Waals surface area contributed by atoms with Gasteiger partial charge < -0.3 is 10.0 Å². The highest BCUT2D eigenvalue weighted by molar-refractivity contribution is 5.85. The summed E-state index contributed by atoms with van der Waals surface area (Å²) >= 11 is 0. The number of carboxylic acid groups (broad SMARTS) is 1. The second-order valence-corrected chi connectivity index (χ2v) is 3.01. The number of nitrogens with zero attached hydrogens (tertiary/aromatic N) is 1. The summed E-state index contributed by atoms with van der Waals surface area (Å²) in [6, 6.07) is 0. The highest BCUT2D eigenvalue weighted by atomic mass is 35.5. The van der Waals surface area contributed by atoms with Crippen LogP contribution in [-0.2, 0) is 4.79 Å². The van der Waals surface area contributed by atoms with E-state index in [0.29, 0.717) is 5.57 Å². The van der Waals surface area contributed by atoms with Crippen molar-refractivity contribution >= 4 is 18.4 Å². The lowest BCUT2D eigenvalue weighted by atomic mass is 10.2. The van der Waals surface area contributed by atoms with Crippen LogP contribution in [0.3, 0.4) is 0 Å². The van der Waals surface area contributed by atoms with Gasteiger partial charge >= 0.3 is 5.97 Å². The maximum absolute atomic E-state index is 10.4. The molecule has 0 aromatic carbocycles. The third-order valence-corrected chi connectivity index (χ3v) is 2.13. The lowest BCUT2D eigenvalue weighted by Crippen LogP contribution is -2.23. The molecule has 0 atom stereocenters. The maximum atomic E-state index is 10.4. The first-order valence-electron chi connectivity index (χ1n) is 4.74. The van der Waals surface area contributed by atoms with Gasteiger partial charge in [-0.2, -0.15) is 0 Å². The molecule has 3 nitrogen and oxygen atoms in total. The van der Waals surface area contributed by atoms with Gasteiger partial charge in [0.05, 0.1) is 0 Å². The van der Waals surface area contributed by atoms with Crippen LogP contribution in [0, 0.1) is 0 Å². The van der Waals surface area contributed by atoms with Crippen molar-refractivity contribution in [3.63, 3.8) is 0 Å². The summed E-state index contributed by atoms with van der Waals surface area (Å²) in [7, 11) is 0. The Balaban J connectivity index is 0. The fourth-order valence-electron chi connectivity index (χ4n) is 1.09. The molecule has 0 unspecified atom stereocenters.